The molecule has 0 aromatic carbocycles. The Balaban J connectivity index is 2.48. The summed E-state index contributed by atoms with van der Waals surface area (Å²) in [5.74, 6) is 0.0565. The lowest BCUT2D eigenvalue weighted by atomic mass is 10.2. The lowest BCUT2D eigenvalue weighted by molar-refractivity contribution is -0.120. The minimum atomic E-state index is 0.0521. The van der Waals surface area contributed by atoms with Crippen molar-refractivity contribution in [1.29, 1.82) is 0 Å². The van der Waals surface area contributed by atoms with Crippen LogP contribution in [0.4, 0.5) is 0 Å². The molecule has 1 heterocycles. The number of carbonyl (C=O) groups is 1. The van der Waals surface area contributed by atoms with Gasteiger partial charge in [0.15, 0.2) is 0 Å². The summed E-state index contributed by atoms with van der Waals surface area (Å²) < 4.78 is 1.98. The first-order chi connectivity index (χ1) is 6.63. The molecule has 1 unspecified atom stereocenters. The SMILES string of the molecule is CNC(=O)CCn1ccc(C(C)N)c1. The van der Waals surface area contributed by atoms with Crippen molar-refractivity contribution in [3.63, 3.8) is 0 Å². The van der Waals surface area contributed by atoms with Crippen LogP contribution in [-0.4, -0.2) is 17.5 Å². The third-order valence-corrected chi connectivity index (χ3v) is 2.18. The largest absolute Gasteiger partial charge is 0.359 e. The van der Waals surface area contributed by atoms with Crippen molar-refractivity contribution in [3.05, 3.63) is 24.0 Å². The molecular weight excluding hydrogens is 178 g/mol. The van der Waals surface area contributed by atoms with Crippen LogP contribution in [0.1, 0.15) is 24.9 Å². The number of aryl methyl sites for hydroxylation is 1. The van der Waals surface area contributed by atoms with E-state index in [4.69, 9.17) is 5.73 Å². The first-order valence-electron chi connectivity index (χ1n) is 4.75. The maximum Gasteiger partial charge on any atom is 0.221 e. The van der Waals surface area contributed by atoms with Crippen LogP contribution in [0.2, 0.25) is 0 Å². The first-order valence-corrected chi connectivity index (χ1v) is 4.75. The van der Waals surface area contributed by atoms with E-state index in [1.807, 2.05) is 30.0 Å². The van der Waals surface area contributed by atoms with Crippen LogP contribution in [0.25, 0.3) is 0 Å². The second kappa shape index (κ2) is 4.81. The Morgan fingerprint density at radius 1 is 1.71 bits per heavy atom. The normalized spacial score (nSPS) is 12.5. The number of nitrogens with one attached hydrogen (secondary N) is 1. The quantitative estimate of drug-likeness (QED) is 0.740. The highest BCUT2D eigenvalue weighted by molar-refractivity contribution is 5.75. The zero-order chi connectivity index (χ0) is 10.6. The summed E-state index contributed by atoms with van der Waals surface area (Å²) in [6, 6.07) is 2.03. The molecule has 1 rings (SSSR count). The van der Waals surface area contributed by atoms with Crippen LogP contribution < -0.4 is 11.1 Å². The van der Waals surface area contributed by atoms with Crippen molar-refractivity contribution in [2.45, 2.75) is 25.9 Å². The summed E-state index contributed by atoms with van der Waals surface area (Å²) in [6.07, 6.45) is 4.43. The molecule has 1 atom stereocenters. The van der Waals surface area contributed by atoms with Gasteiger partial charge in [0.25, 0.3) is 0 Å². The van der Waals surface area contributed by atoms with Gasteiger partial charge in [0.1, 0.15) is 0 Å². The lowest BCUT2D eigenvalue weighted by Gasteiger charge is -2.02. The standard InChI is InChI=1S/C10H17N3O/c1-8(11)9-3-5-13(7-9)6-4-10(14)12-2/h3,5,7-8H,4,6,11H2,1-2H3,(H,12,14). The van der Waals surface area contributed by atoms with Gasteiger partial charge in [-0.25, -0.2) is 0 Å². The molecule has 0 aliphatic rings. The minimum absolute atomic E-state index is 0.0521. The summed E-state index contributed by atoms with van der Waals surface area (Å²) in [6.45, 7) is 2.64. The lowest BCUT2D eigenvalue weighted by Crippen LogP contribution is -2.19. The van der Waals surface area contributed by atoms with E-state index in [9.17, 15) is 4.79 Å². The zero-order valence-electron chi connectivity index (χ0n) is 8.66. The van der Waals surface area contributed by atoms with Crippen LogP contribution in [0.5, 0.6) is 0 Å². The average molecular weight is 195 g/mol. The van der Waals surface area contributed by atoms with Gasteiger partial charge in [0, 0.05) is 38.4 Å². The second-order valence-electron chi connectivity index (χ2n) is 3.39. The highest BCUT2D eigenvalue weighted by atomic mass is 16.1. The van der Waals surface area contributed by atoms with Crippen molar-refractivity contribution >= 4 is 5.91 Å². The van der Waals surface area contributed by atoms with Gasteiger partial charge in [-0.1, -0.05) is 0 Å². The maximum absolute atomic E-state index is 11.0. The average Bonchev–Trinajstić information content (AvgIpc) is 2.62. The fourth-order valence-electron chi connectivity index (χ4n) is 1.22. The molecule has 0 saturated heterocycles. The zero-order valence-corrected chi connectivity index (χ0v) is 8.66. The Kier molecular flexibility index (Phi) is 3.71. The fourth-order valence-corrected chi connectivity index (χ4v) is 1.22. The molecule has 14 heavy (non-hydrogen) atoms. The van der Waals surface area contributed by atoms with E-state index < -0.39 is 0 Å². The van der Waals surface area contributed by atoms with E-state index >= 15 is 0 Å². The monoisotopic (exact) mass is 195 g/mol. The Morgan fingerprint density at radius 2 is 2.43 bits per heavy atom. The molecule has 0 bridgehead atoms. The highest BCUT2D eigenvalue weighted by Crippen LogP contribution is 2.09. The van der Waals surface area contributed by atoms with E-state index in [2.05, 4.69) is 5.32 Å². The van der Waals surface area contributed by atoms with Crippen molar-refractivity contribution in [3.8, 4) is 0 Å². The third kappa shape index (κ3) is 2.88. The van der Waals surface area contributed by atoms with Crippen LogP contribution in [0, 0.1) is 0 Å². The number of carbonyl (C=O) groups excluding carboxylic acids is 1. The number of hydrogen-bond donors (Lipinski definition) is 2. The van der Waals surface area contributed by atoms with Gasteiger partial charge in [-0.3, -0.25) is 4.79 Å². The summed E-state index contributed by atoms with van der Waals surface area (Å²) in [5.41, 5.74) is 6.82. The van der Waals surface area contributed by atoms with E-state index in [1.165, 1.54) is 0 Å². The highest BCUT2D eigenvalue weighted by Gasteiger charge is 2.02. The molecule has 4 nitrogen and oxygen atoms in total. The molecule has 0 aliphatic heterocycles. The molecule has 0 fully saturated rings. The van der Waals surface area contributed by atoms with Gasteiger partial charge in [-0.2, -0.15) is 0 Å². The number of amides is 1. The van der Waals surface area contributed by atoms with E-state index in [1.54, 1.807) is 7.05 Å². The van der Waals surface area contributed by atoms with Crippen molar-refractivity contribution in [1.82, 2.24) is 9.88 Å². The molecule has 0 saturated carbocycles. The molecule has 0 radical (unpaired) electrons. The first kappa shape index (κ1) is 10.8. The van der Waals surface area contributed by atoms with Crippen molar-refractivity contribution in [2.75, 3.05) is 7.05 Å². The summed E-state index contributed by atoms with van der Waals surface area (Å²) in [5, 5.41) is 2.59. The van der Waals surface area contributed by atoms with Gasteiger partial charge < -0.3 is 15.6 Å². The topological polar surface area (TPSA) is 60.0 Å². The summed E-state index contributed by atoms with van der Waals surface area (Å²) >= 11 is 0. The van der Waals surface area contributed by atoms with Crippen LogP contribution in [-0.2, 0) is 11.3 Å². The number of aromatic nitrogens is 1. The Bertz CT molecular complexity index is 304. The van der Waals surface area contributed by atoms with E-state index in [-0.39, 0.29) is 11.9 Å². The Labute approximate surface area is 84.1 Å². The number of rotatable bonds is 4. The van der Waals surface area contributed by atoms with Crippen LogP contribution in [0.15, 0.2) is 18.5 Å². The molecule has 1 amide bonds. The molecule has 1 aromatic rings. The van der Waals surface area contributed by atoms with Gasteiger partial charge in [-0.15, -0.1) is 0 Å². The van der Waals surface area contributed by atoms with Gasteiger partial charge >= 0.3 is 0 Å². The third-order valence-electron chi connectivity index (χ3n) is 2.18. The predicted octanol–water partition coefficient (Wildman–Crippen LogP) is 0.644. The molecular formula is C10H17N3O. The molecule has 4 heteroatoms. The Hall–Kier alpha value is -1.29. The number of nitrogens with zero attached hydrogens (tertiary/aromatic N) is 1. The molecule has 78 valence electrons. The molecule has 1 aromatic heterocycles. The van der Waals surface area contributed by atoms with Crippen molar-refractivity contribution in [2.24, 2.45) is 5.73 Å². The van der Waals surface area contributed by atoms with E-state index in [0.29, 0.717) is 13.0 Å². The van der Waals surface area contributed by atoms with Crippen LogP contribution >= 0.6 is 0 Å². The number of nitrogens with two attached hydrogens (primary N) is 1. The summed E-state index contributed by atoms with van der Waals surface area (Å²) in [7, 11) is 1.64. The predicted molar refractivity (Wildman–Crippen MR) is 55.7 cm³/mol. The molecule has 0 spiro atoms. The fraction of sp³-hybridized carbons (Fsp3) is 0.500. The summed E-state index contributed by atoms with van der Waals surface area (Å²) in [4.78, 5) is 11.0. The van der Waals surface area contributed by atoms with Crippen LogP contribution in [0.3, 0.4) is 0 Å². The molecule has 0 aliphatic carbocycles. The molecule has 3 N–H and O–H groups in total. The second-order valence-corrected chi connectivity index (χ2v) is 3.39. The van der Waals surface area contributed by atoms with Gasteiger partial charge in [0.05, 0.1) is 0 Å². The Morgan fingerprint density at radius 3 is 2.93 bits per heavy atom. The van der Waals surface area contributed by atoms with Gasteiger partial charge in [0.2, 0.25) is 5.91 Å². The minimum Gasteiger partial charge on any atom is -0.359 e. The van der Waals surface area contributed by atoms with Crippen molar-refractivity contribution < 1.29 is 4.79 Å². The number of hydrogen-bond acceptors (Lipinski definition) is 2. The maximum atomic E-state index is 11.0. The van der Waals surface area contributed by atoms with E-state index in [0.717, 1.165) is 5.56 Å². The smallest absolute Gasteiger partial charge is 0.221 e. The van der Waals surface area contributed by atoms with Gasteiger partial charge in [-0.05, 0) is 18.6 Å².